The van der Waals surface area contributed by atoms with Crippen LogP contribution in [0.2, 0.25) is 0 Å². The van der Waals surface area contributed by atoms with Gasteiger partial charge in [0.15, 0.2) is 0 Å². The lowest BCUT2D eigenvalue weighted by Gasteiger charge is -2.37. The van der Waals surface area contributed by atoms with Gasteiger partial charge in [-0.15, -0.1) is 23.5 Å². The van der Waals surface area contributed by atoms with Crippen LogP contribution in [0.1, 0.15) is 105 Å². The predicted molar refractivity (Wildman–Crippen MR) is 180 cm³/mol. The van der Waals surface area contributed by atoms with E-state index in [2.05, 4.69) is 9.98 Å². The third-order valence-electron chi connectivity index (χ3n) is 7.89. The number of aromatic hydroxyl groups is 2. The molecule has 0 fully saturated rings. The Labute approximate surface area is 268 Å². The van der Waals surface area contributed by atoms with Gasteiger partial charge in [0.1, 0.15) is 34.3 Å². The molecule has 0 amide bonds. The highest BCUT2D eigenvalue weighted by Gasteiger charge is 2.46. The number of hydrogen-bond donors (Lipinski definition) is 4. The first kappa shape index (κ1) is 33.9. The molecule has 2 aromatic carbocycles. The quantitative estimate of drug-likeness (QED) is 0.263. The topological polar surface area (TPSA) is 140 Å². The maximum Gasteiger partial charge on any atom is 0.351 e. The molecule has 2 aliphatic heterocycles. The number of nitrogens with zero attached hydrogens (tertiary/aromatic N) is 2. The molecule has 44 heavy (non-hydrogen) atoms. The first-order valence-corrected chi connectivity index (χ1v) is 16.4. The molecule has 0 saturated carbocycles. The summed E-state index contributed by atoms with van der Waals surface area (Å²) in [5, 5.41) is 41.8. The maximum absolute atomic E-state index is 12.8. The van der Waals surface area contributed by atoms with Crippen LogP contribution in [0.3, 0.4) is 0 Å². The zero-order valence-corrected chi connectivity index (χ0v) is 29.3. The zero-order chi connectivity index (χ0) is 33.5. The number of carboxylic acids is 2. The first-order chi connectivity index (χ1) is 19.9. The van der Waals surface area contributed by atoms with Gasteiger partial charge < -0.3 is 20.4 Å². The van der Waals surface area contributed by atoms with E-state index in [0.717, 1.165) is 11.1 Å². The first-order valence-electron chi connectivity index (χ1n) is 14.6. The summed E-state index contributed by atoms with van der Waals surface area (Å²) in [6.07, 6.45) is 0. The molecule has 0 bridgehead atoms. The minimum absolute atomic E-state index is 0.0754. The van der Waals surface area contributed by atoms with Crippen LogP contribution < -0.4 is 0 Å². The summed E-state index contributed by atoms with van der Waals surface area (Å²) in [5.41, 5.74) is 1.28. The van der Waals surface area contributed by atoms with Crippen molar-refractivity contribution in [2.24, 2.45) is 9.98 Å². The van der Waals surface area contributed by atoms with E-state index < -0.39 is 44.1 Å². The number of carbonyl (C=O) groups is 2. The average molecular weight is 641 g/mol. The SMILES string of the molecule is CC(C)(C)c1cc(C(C)(C)C)c2c(c1O)N=C(C(=O)O)C(C1Sc3c(C(C)(C)C)cc(C(C)(C)C)c(O)c3N=C1C(=O)O)S2. The van der Waals surface area contributed by atoms with E-state index in [9.17, 15) is 30.0 Å². The van der Waals surface area contributed by atoms with Gasteiger partial charge in [0, 0.05) is 20.9 Å². The Morgan fingerprint density at radius 3 is 1.07 bits per heavy atom. The number of aliphatic imine (C=N–C) groups is 2. The third kappa shape index (κ3) is 5.99. The van der Waals surface area contributed by atoms with E-state index >= 15 is 0 Å². The van der Waals surface area contributed by atoms with Crippen LogP contribution in [0.4, 0.5) is 11.4 Å². The second-order valence-corrected chi connectivity index (χ2v) is 18.0. The van der Waals surface area contributed by atoms with Crippen molar-refractivity contribution in [3.8, 4) is 11.5 Å². The molecule has 2 aromatic rings. The summed E-state index contributed by atoms with van der Waals surface area (Å²) in [6.45, 7) is 24.1. The van der Waals surface area contributed by atoms with E-state index in [1.54, 1.807) is 0 Å². The van der Waals surface area contributed by atoms with Crippen molar-refractivity contribution in [3.63, 3.8) is 0 Å². The molecular formula is C34H44N2O6S2. The Hall–Kier alpha value is -2.98. The summed E-state index contributed by atoms with van der Waals surface area (Å²) in [5.74, 6) is -2.75. The molecule has 4 N–H and O–H groups in total. The highest BCUT2D eigenvalue weighted by Crippen LogP contribution is 2.57. The fourth-order valence-corrected chi connectivity index (χ4v) is 8.84. The average Bonchev–Trinajstić information content (AvgIpc) is 2.84. The Bertz CT molecular complexity index is 1510. The van der Waals surface area contributed by atoms with Crippen LogP contribution in [0.5, 0.6) is 11.5 Å². The second-order valence-electron chi connectivity index (χ2n) is 15.7. The van der Waals surface area contributed by atoms with E-state index in [0.29, 0.717) is 20.9 Å². The van der Waals surface area contributed by atoms with Crippen molar-refractivity contribution >= 4 is 58.3 Å². The van der Waals surface area contributed by atoms with E-state index in [1.165, 1.54) is 23.5 Å². The Balaban J connectivity index is 2.02. The normalized spacial score (nSPS) is 19.1. The van der Waals surface area contributed by atoms with Gasteiger partial charge in [0.05, 0.1) is 10.5 Å². The number of hydrogen-bond acceptors (Lipinski definition) is 8. The van der Waals surface area contributed by atoms with Gasteiger partial charge in [-0.2, -0.15) is 0 Å². The van der Waals surface area contributed by atoms with E-state index in [1.807, 2.05) is 95.2 Å². The third-order valence-corrected chi connectivity index (χ3v) is 10.9. The van der Waals surface area contributed by atoms with Gasteiger partial charge in [0.25, 0.3) is 0 Å². The van der Waals surface area contributed by atoms with Crippen molar-refractivity contribution in [2.75, 3.05) is 0 Å². The van der Waals surface area contributed by atoms with Crippen molar-refractivity contribution in [1.29, 1.82) is 0 Å². The molecule has 0 aliphatic carbocycles. The molecule has 4 rings (SSSR count). The molecule has 2 heterocycles. The molecule has 10 heteroatoms. The number of carboxylic acid groups (broad SMARTS) is 2. The number of rotatable bonds is 3. The largest absolute Gasteiger partial charge is 0.505 e. The molecule has 0 aromatic heterocycles. The van der Waals surface area contributed by atoms with Crippen LogP contribution in [-0.2, 0) is 31.2 Å². The standard InChI is InChI=1S/C34H44N2O6S2/c1-31(2,3)15-13-17(33(7,8)9)25-19(23(15)37)35-21(29(39)40)27(43-25)28-22(30(41)42)36-20-24(38)16(32(4,5)6)14-18(26(20)44-28)34(10,11)12/h13-14,27-28,37-38H,1-12H3,(H,39,40)(H,41,42). The van der Waals surface area contributed by atoms with Crippen molar-refractivity contribution < 1.29 is 30.0 Å². The summed E-state index contributed by atoms with van der Waals surface area (Å²) >= 11 is 2.42. The van der Waals surface area contributed by atoms with Gasteiger partial charge in [-0.1, -0.05) is 83.1 Å². The summed E-state index contributed by atoms with van der Waals surface area (Å²) in [6, 6.07) is 3.91. The Morgan fingerprint density at radius 1 is 0.568 bits per heavy atom. The van der Waals surface area contributed by atoms with Crippen LogP contribution >= 0.6 is 23.5 Å². The molecular weight excluding hydrogens is 597 g/mol. The number of aliphatic carboxylic acids is 2. The molecule has 2 atom stereocenters. The lowest BCUT2D eigenvalue weighted by molar-refractivity contribution is -0.130. The fraction of sp³-hybridized carbons (Fsp3) is 0.529. The summed E-state index contributed by atoms with van der Waals surface area (Å²) in [7, 11) is 0. The van der Waals surface area contributed by atoms with Crippen molar-refractivity contribution in [1.82, 2.24) is 0 Å². The summed E-state index contributed by atoms with van der Waals surface area (Å²) < 4.78 is 0. The monoisotopic (exact) mass is 640 g/mol. The smallest absolute Gasteiger partial charge is 0.351 e. The van der Waals surface area contributed by atoms with Gasteiger partial charge in [0.2, 0.25) is 0 Å². The fourth-order valence-electron chi connectivity index (χ4n) is 5.47. The van der Waals surface area contributed by atoms with Crippen LogP contribution in [0.25, 0.3) is 0 Å². The minimum Gasteiger partial charge on any atom is -0.505 e. The number of benzene rings is 2. The highest BCUT2D eigenvalue weighted by molar-refractivity contribution is 8.05. The number of thioether (sulfide) groups is 2. The second kappa shape index (κ2) is 10.8. The molecule has 2 aliphatic rings. The number of phenols is 2. The van der Waals surface area contributed by atoms with Crippen LogP contribution in [0, 0.1) is 0 Å². The lowest BCUT2D eigenvalue weighted by atomic mass is 9.79. The summed E-state index contributed by atoms with van der Waals surface area (Å²) in [4.78, 5) is 36.0. The maximum atomic E-state index is 12.8. The number of fused-ring (bicyclic) bond motifs is 2. The van der Waals surface area contributed by atoms with E-state index in [-0.39, 0.29) is 34.3 Å². The molecule has 0 radical (unpaired) electrons. The van der Waals surface area contributed by atoms with Crippen molar-refractivity contribution in [2.45, 2.75) is 125 Å². The van der Waals surface area contributed by atoms with Gasteiger partial charge >= 0.3 is 11.9 Å². The molecule has 238 valence electrons. The highest BCUT2D eigenvalue weighted by atomic mass is 32.2. The molecule has 0 saturated heterocycles. The predicted octanol–water partition coefficient (Wildman–Crippen LogP) is 8.25. The number of phenolic OH excluding ortho intramolecular Hbond substituents is 2. The molecule has 0 spiro atoms. The van der Waals surface area contributed by atoms with Crippen molar-refractivity contribution in [3.05, 3.63) is 34.4 Å². The van der Waals surface area contributed by atoms with Gasteiger partial charge in [-0.05, 0) is 44.9 Å². The van der Waals surface area contributed by atoms with Gasteiger partial charge in [-0.3, -0.25) is 0 Å². The zero-order valence-electron chi connectivity index (χ0n) is 27.6. The Kier molecular flexibility index (Phi) is 8.34. The molecule has 8 nitrogen and oxygen atoms in total. The van der Waals surface area contributed by atoms with Crippen LogP contribution in [0.15, 0.2) is 31.9 Å². The molecule has 2 unspecified atom stereocenters. The van der Waals surface area contributed by atoms with E-state index in [4.69, 9.17) is 0 Å². The minimum atomic E-state index is -1.30. The van der Waals surface area contributed by atoms with Gasteiger partial charge in [-0.25, -0.2) is 19.6 Å². The van der Waals surface area contributed by atoms with Crippen LogP contribution in [-0.4, -0.2) is 54.3 Å². The lowest BCUT2D eigenvalue weighted by Crippen LogP contribution is -2.44. The Morgan fingerprint density at radius 2 is 0.841 bits per heavy atom.